The number of halogens is 1. The molecule has 0 fully saturated rings. The summed E-state index contributed by atoms with van der Waals surface area (Å²) in [4.78, 5) is 30.0. The summed E-state index contributed by atoms with van der Waals surface area (Å²) in [6.45, 7) is 3.44. The maximum absolute atomic E-state index is 14.5. The minimum Gasteiger partial charge on any atom is -0.497 e. The second-order valence-corrected chi connectivity index (χ2v) is 13.5. The highest BCUT2D eigenvalue weighted by Gasteiger charge is 2.35. The molecule has 4 aromatic rings. The van der Waals surface area contributed by atoms with E-state index in [1.165, 1.54) is 24.1 Å². The van der Waals surface area contributed by atoms with Crippen molar-refractivity contribution in [3.8, 4) is 5.75 Å². The first-order chi connectivity index (χ1) is 21.6. The summed E-state index contributed by atoms with van der Waals surface area (Å²) in [5.41, 5.74) is 1.93. The van der Waals surface area contributed by atoms with E-state index in [1.807, 2.05) is 68.4 Å². The summed E-state index contributed by atoms with van der Waals surface area (Å²) in [7, 11) is -2.70. The Bertz CT molecular complexity index is 1670. The van der Waals surface area contributed by atoms with E-state index in [0.29, 0.717) is 12.2 Å². The number of hydrogen-bond donors (Lipinski definition) is 1. The van der Waals surface area contributed by atoms with E-state index in [-0.39, 0.29) is 35.5 Å². The van der Waals surface area contributed by atoms with E-state index in [2.05, 4.69) is 21.2 Å². The van der Waals surface area contributed by atoms with Crippen LogP contribution in [0.3, 0.4) is 0 Å². The zero-order valence-electron chi connectivity index (χ0n) is 25.6. The zero-order chi connectivity index (χ0) is 32.4. The summed E-state index contributed by atoms with van der Waals surface area (Å²) >= 11 is 3.46. The lowest BCUT2D eigenvalue weighted by Gasteiger charge is -2.34. The molecule has 4 rings (SSSR count). The monoisotopic (exact) mass is 691 g/mol. The van der Waals surface area contributed by atoms with Gasteiger partial charge in [-0.15, -0.1) is 0 Å². The minimum atomic E-state index is -4.19. The smallest absolute Gasteiger partial charge is 0.264 e. The third-order valence-electron chi connectivity index (χ3n) is 7.49. The van der Waals surface area contributed by atoms with Gasteiger partial charge in [-0.05, 0) is 60.9 Å². The molecule has 0 spiro atoms. The SMILES string of the molecule is CC[C@H](C)NC(=O)[C@H](Cc1ccccc1)N(Cc1ccc(Br)cc1)C(=O)CN(c1cccc(OC)c1)S(=O)(=O)c1ccccc1. The largest absolute Gasteiger partial charge is 0.497 e. The number of rotatable bonds is 14. The van der Waals surface area contributed by atoms with Crippen LogP contribution in [0.2, 0.25) is 0 Å². The number of amides is 2. The average molecular weight is 693 g/mol. The van der Waals surface area contributed by atoms with E-state index in [9.17, 15) is 18.0 Å². The molecule has 8 nitrogen and oxygen atoms in total. The standard InChI is InChI=1S/C35H38BrN3O5S/c1-4-26(2)37-35(41)33(22-27-12-7-5-8-13-27)38(24-28-18-20-29(36)21-19-28)34(40)25-39(30-14-11-15-31(23-30)44-3)45(42,43)32-16-9-6-10-17-32/h5-21,23,26,33H,4,22,24-25H2,1-3H3,(H,37,41)/t26-,33-/m0/s1. The summed E-state index contributed by atoms with van der Waals surface area (Å²) in [6.07, 6.45) is 0.958. The van der Waals surface area contributed by atoms with Crippen molar-refractivity contribution in [2.45, 2.75) is 50.2 Å². The van der Waals surface area contributed by atoms with Crippen LogP contribution in [-0.2, 0) is 32.6 Å². The van der Waals surface area contributed by atoms with Gasteiger partial charge < -0.3 is 15.0 Å². The van der Waals surface area contributed by atoms with Gasteiger partial charge in [0, 0.05) is 29.5 Å². The van der Waals surface area contributed by atoms with Crippen LogP contribution in [0, 0.1) is 0 Å². The molecule has 236 valence electrons. The molecule has 1 N–H and O–H groups in total. The Labute approximate surface area is 274 Å². The first-order valence-corrected chi connectivity index (χ1v) is 17.0. The van der Waals surface area contributed by atoms with Crippen LogP contribution in [0.25, 0.3) is 0 Å². The van der Waals surface area contributed by atoms with Crippen LogP contribution in [0.5, 0.6) is 5.75 Å². The lowest BCUT2D eigenvalue weighted by molar-refractivity contribution is -0.140. The number of hydrogen-bond acceptors (Lipinski definition) is 5. The van der Waals surface area contributed by atoms with Gasteiger partial charge in [-0.2, -0.15) is 0 Å². The molecular formula is C35H38BrN3O5S. The van der Waals surface area contributed by atoms with Crippen molar-refractivity contribution >= 4 is 43.5 Å². The van der Waals surface area contributed by atoms with Crippen LogP contribution >= 0.6 is 15.9 Å². The van der Waals surface area contributed by atoms with Gasteiger partial charge >= 0.3 is 0 Å². The maximum Gasteiger partial charge on any atom is 0.264 e. The van der Waals surface area contributed by atoms with Crippen molar-refractivity contribution in [1.29, 1.82) is 0 Å². The number of sulfonamides is 1. The number of ether oxygens (including phenoxy) is 1. The van der Waals surface area contributed by atoms with E-state index >= 15 is 0 Å². The number of benzene rings is 4. The number of nitrogens with zero attached hydrogens (tertiary/aromatic N) is 2. The Morgan fingerprint density at radius 2 is 1.51 bits per heavy atom. The number of carbonyl (C=O) groups excluding carboxylic acids is 2. The van der Waals surface area contributed by atoms with Gasteiger partial charge in [-0.25, -0.2) is 8.42 Å². The van der Waals surface area contributed by atoms with Crippen molar-refractivity contribution in [2.24, 2.45) is 0 Å². The average Bonchev–Trinajstić information content (AvgIpc) is 3.06. The molecule has 2 amide bonds. The number of nitrogens with one attached hydrogen (secondary N) is 1. The van der Waals surface area contributed by atoms with Crippen LogP contribution in [0.15, 0.2) is 119 Å². The van der Waals surface area contributed by atoms with Crippen molar-refractivity contribution in [3.05, 3.63) is 125 Å². The van der Waals surface area contributed by atoms with Gasteiger partial charge in [0.2, 0.25) is 11.8 Å². The molecule has 0 saturated carbocycles. The Balaban J connectivity index is 1.81. The molecule has 10 heteroatoms. The molecule has 2 atom stereocenters. The van der Waals surface area contributed by atoms with E-state index in [4.69, 9.17) is 4.74 Å². The van der Waals surface area contributed by atoms with Crippen LogP contribution in [-0.4, -0.2) is 50.9 Å². The van der Waals surface area contributed by atoms with E-state index in [1.54, 1.807) is 42.5 Å². The van der Waals surface area contributed by atoms with Crippen molar-refractivity contribution in [3.63, 3.8) is 0 Å². The molecule has 0 unspecified atom stereocenters. The molecule has 0 radical (unpaired) electrons. The number of anilines is 1. The normalized spacial score (nSPS) is 12.5. The van der Waals surface area contributed by atoms with E-state index in [0.717, 1.165) is 19.9 Å². The predicted octanol–water partition coefficient (Wildman–Crippen LogP) is 6.21. The Morgan fingerprint density at radius 1 is 0.867 bits per heavy atom. The van der Waals surface area contributed by atoms with Gasteiger partial charge in [0.15, 0.2) is 0 Å². The number of carbonyl (C=O) groups is 2. The first-order valence-electron chi connectivity index (χ1n) is 14.7. The van der Waals surface area contributed by atoms with Gasteiger partial charge in [0.25, 0.3) is 10.0 Å². The summed E-state index contributed by atoms with van der Waals surface area (Å²) < 4.78 is 35.5. The molecule has 0 aliphatic rings. The third-order valence-corrected chi connectivity index (χ3v) is 9.81. The number of methoxy groups -OCH3 is 1. The molecule has 45 heavy (non-hydrogen) atoms. The highest BCUT2D eigenvalue weighted by molar-refractivity contribution is 9.10. The molecule has 0 aliphatic carbocycles. The lowest BCUT2D eigenvalue weighted by atomic mass is 10.0. The van der Waals surface area contributed by atoms with Crippen LogP contribution in [0.4, 0.5) is 5.69 Å². The zero-order valence-corrected chi connectivity index (χ0v) is 28.0. The Hall–Kier alpha value is -4.15. The fourth-order valence-electron chi connectivity index (χ4n) is 4.80. The van der Waals surface area contributed by atoms with Crippen LogP contribution in [0.1, 0.15) is 31.4 Å². The molecule has 0 aromatic heterocycles. The second kappa shape index (κ2) is 15.7. The van der Waals surface area contributed by atoms with Gasteiger partial charge in [0.1, 0.15) is 18.3 Å². The third kappa shape index (κ3) is 8.95. The predicted molar refractivity (Wildman–Crippen MR) is 180 cm³/mol. The van der Waals surface area contributed by atoms with Gasteiger partial charge in [0.05, 0.1) is 17.7 Å². The van der Waals surface area contributed by atoms with Crippen molar-refractivity contribution in [1.82, 2.24) is 10.2 Å². The maximum atomic E-state index is 14.5. The Morgan fingerprint density at radius 3 is 2.13 bits per heavy atom. The van der Waals surface area contributed by atoms with Crippen molar-refractivity contribution < 1.29 is 22.7 Å². The van der Waals surface area contributed by atoms with Crippen molar-refractivity contribution in [2.75, 3.05) is 18.0 Å². The van der Waals surface area contributed by atoms with Crippen LogP contribution < -0.4 is 14.4 Å². The molecule has 0 saturated heterocycles. The fourth-order valence-corrected chi connectivity index (χ4v) is 6.49. The summed E-state index contributed by atoms with van der Waals surface area (Å²) in [5.74, 6) is -0.396. The minimum absolute atomic E-state index is 0.0374. The quantitative estimate of drug-likeness (QED) is 0.170. The van der Waals surface area contributed by atoms with Gasteiger partial charge in [-0.3, -0.25) is 13.9 Å². The molecule has 0 aliphatic heterocycles. The highest BCUT2D eigenvalue weighted by Crippen LogP contribution is 2.28. The summed E-state index contributed by atoms with van der Waals surface area (Å²) in [6, 6.07) is 30.5. The molecular weight excluding hydrogens is 654 g/mol. The topological polar surface area (TPSA) is 96.0 Å². The summed E-state index contributed by atoms with van der Waals surface area (Å²) in [5, 5.41) is 3.05. The Kier molecular flexibility index (Phi) is 11.8. The molecule has 0 heterocycles. The molecule has 4 aromatic carbocycles. The van der Waals surface area contributed by atoms with Gasteiger partial charge in [-0.1, -0.05) is 89.6 Å². The fraction of sp³-hybridized carbons (Fsp3) is 0.257. The molecule has 0 bridgehead atoms. The first kappa shape index (κ1) is 33.7. The second-order valence-electron chi connectivity index (χ2n) is 10.7. The highest BCUT2D eigenvalue weighted by atomic mass is 79.9. The van der Waals surface area contributed by atoms with E-state index < -0.39 is 28.5 Å². The lowest BCUT2D eigenvalue weighted by Crippen LogP contribution is -2.54.